The lowest BCUT2D eigenvalue weighted by atomic mass is 9.75. The molecule has 2 rings (SSSR count). The van der Waals surface area contributed by atoms with Crippen molar-refractivity contribution in [2.75, 3.05) is 31.9 Å². The minimum Gasteiger partial charge on any atom is -0.317 e. The molecule has 0 aromatic rings. The van der Waals surface area contributed by atoms with Crippen LogP contribution < -0.4 is 5.32 Å². The first kappa shape index (κ1) is 13.3. The molecule has 1 N–H and O–H groups in total. The Hall–Kier alpha value is -0.130. The van der Waals surface area contributed by atoms with Gasteiger partial charge in [-0.05, 0) is 44.2 Å². The fraction of sp³-hybridized carbons (Fsp3) is 1.00. The Bertz CT molecular complexity index is 342. The van der Waals surface area contributed by atoms with E-state index in [1.165, 1.54) is 0 Å². The van der Waals surface area contributed by atoms with Crippen LogP contribution in [0.5, 0.6) is 0 Å². The summed E-state index contributed by atoms with van der Waals surface area (Å²) < 4.78 is 25.5. The van der Waals surface area contributed by atoms with Crippen molar-refractivity contribution in [3.05, 3.63) is 0 Å². The van der Waals surface area contributed by atoms with Crippen LogP contribution in [-0.2, 0) is 10.0 Å². The van der Waals surface area contributed by atoms with Gasteiger partial charge in [-0.25, -0.2) is 12.7 Å². The Labute approximate surface area is 105 Å². The third kappa shape index (κ3) is 3.01. The lowest BCUT2D eigenvalue weighted by Gasteiger charge is -2.40. The summed E-state index contributed by atoms with van der Waals surface area (Å²) in [6.07, 6.45) is 5.34. The van der Waals surface area contributed by atoms with Gasteiger partial charge < -0.3 is 5.32 Å². The number of rotatable bonds is 4. The van der Waals surface area contributed by atoms with Gasteiger partial charge in [0, 0.05) is 13.1 Å². The molecule has 0 aromatic heterocycles. The molecule has 0 spiro atoms. The Balaban J connectivity index is 2.07. The Kier molecular flexibility index (Phi) is 4.10. The van der Waals surface area contributed by atoms with E-state index in [1.807, 2.05) is 0 Å². The number of nitrogens with zero attached hydrogens (tertiary/aromatic N) is 1. The highest BCUT2D eigenvalue weighted by atomic mass is 32.2. The summed E-state index contributed by atoms with van der Waals surface area (Å²) in [5.74, 6) is 0.355. The monoisotopic (exact) mass is 260 g/mol. The zero-order chi connectivity index (χ0) is 12.4. The predicted octanol–water partition coefficient (Wildman–Crippen LogP) is 1.19. The summed E-state index contributed by atoms with van der Waals surface area (Å²) in [4.78, 5) is 0. The molecule has 0 atom stereocenters. The molecule has 2 saturated heterocycles. The van der Waals surface area contributed by atoms with Crippen LogP contribution in [0.2, 0.25) is 0 Å². The summed E-state index contributed by atoms with van der Waals surface area (Å²) in [7, 11) is -2.93. The van der Waals surface area contributed by atoms with E-state index in [4.69, 9.17) is 0 Å². The number of nitrogens with one attached hydrogen (secondary N) is 1. The molecule has 2 heterocycles. The zero-order valence-corrected chi connectivity index (χ0v) is 11.6. The average molecular weight is 260 g/mol. The van der Waals surface area contributed by atoms with Gasteiger partial charge in [-0.3, -0.25) is 0 Å². The minimum absolute atomic E-state index is 0.234. The predicted molar refractivity (Wildman–Crippen MR) is 69.4 cm³/mol. The van der Waals surface area contributed by atoms with E-state index in [2.05, 4.69) is 12.2 Å². The first-order chi connectivity index (χ1) is 8.08. The molecule has 2 aliphatic heterocycles. The maximum atomic E-state index is 11.9. The van der Waals surface area contributed by atoms with E-state index in [9.17, 15) is 8.42 Å². The largest absolute Gasteiger partial charge is 0.317 e. The van der Waals surface area contributed by atoms with Crippen molar-refractivity contribution in [1.82, 2.24) is 9.62 Å². The van der Waals surface area contributed by atoms with Crippen LogP contribution in [0.25, 0.3) is 0 Å². The highest BCUT2D eigenvalue weighted by Crippen LogP contribution is 2.36. The molecular weight excluding hydrogens is 236 g/mol. The maximum absolute atomic E-state index is 11.9. The van der Waals surface area contributed by atoms with Gasteiger partial charge in [-0.2, -0.15) is 0 Å². The highest BCUT2D eigenvalue weighted by Gasteiger charge is 2.38. The van der Waals surface area contributed by atoms with Gasteiger partial charge in [0.15, 0.2) is 0 Å². The normalized spacial score (nSPS) is 28.3. The van der Waals surface area contributed by atoms with Crippen LogP contribution in [0.3, 0.4) is 0 Å². The second-order valence-electron chi connectivity index (χ2n) is 5.50. The third-order valence-corrected chi connectivity index (χ3v) is 6.06. The number of hydrogen-bond donors (Lipinski definition) is 1. The van der Waals surface area contributed by atoms with Gasteiger partial charge in [0.05, 0.1) is 5.75 Å². The van der Waals surface area contributed by atoms with Crippen LogP contribution in [-0.4, -0.2) is 44.7 Å². The molecule has 0 radical (unpaired) electrons. The topological polar surface area (TPSA) is 49.4 Å². The lowest BCUT2D eigenvalue weighted by molar-refractivity contribution is 0.145. The van der Waals surface area contributed by atoms with Crippen LogP contribution in [0.4, 0.5) is 0 Å². The van der Waals surface area contributed by atoms with Gasteiger partial charge >= 0.3 is 0 Å². The van der Waals surface area contributed by atoms with Gasteiger partial charge in [0.25, 0.3) is 0 Å². The molecule has 0 amide bonds. The molecule has 5 heteroatoms. The van der Waals surface area contributed by atoms with Gasteiger partial charge in [-0.15, -0.1) is 0 Å². The van der Waals surface area contributed by atoms with Crippen molar-refractivity contribution >= 4 is 10.0 Å². The highest BCUT2D eigenvalue weighted by molar-refractivity contribution is 7.89. The smallest absolute Gasteiger partial charge is 0.214 e. The fourth-order valence-electron chi connectivity index (χ4n) is 3.22. The number of piperidine rings is 1. The molecule has 0 bridgehead atoms. The van der Waals surface area contributed by atoms with Gasteiger partial charge in [0.2, 0.25) is 10.0 Å². The van der Waals surface area contributed by atoms with Crippen molar-refractivity contribution in [2.24, 2.45) is 5.41 Å². The lowest BCUT2D eigenvalue weighted by Crippen LogP contribution is -2.45. The third-order valence-electron chi connectivity index (χ3n) is 4.16. The fourth-order valence-corrected chi connectivity index (χ4v) is 4.85. The van der Waals surface area contributed by atoms with Crippen molar-refractivity contribution < 1.29 is 8.42 Å². The van der Waals surface area contributed by atoms with Crippen molar-refractivity contribution in [3.63, 3.8) is 0 Å². The van der Waals surface area contributed by atoms with E-state index in [1.54, 1.807) is 4.31 Å². The maximum Gasteiger partial charge on any atom is 0.214 e. The van der Waals surface area contributed by atoms with E-state index in [0.717, 1.165) is 58.3 Å². The average Bonchev–Trinajstić information content (AvgIpc) is 2.60. The molecule has 0 aliphatic carbocycles. The SMILES string of the molecule is CCCC1(CN2CCCS2(=O)=O)CCNCC1. The van der Waals surface area contributed by atoms with Crippen LogP contribution >= 0.6 is 0 Å². The first-order valence-corrected chi connectivity index (χ1v) is 8.37. The summed E-state index contributed by atoms with van der Waals surface area (Å²) in [5, 5.41) is 3.38. The number of sulfonamides is 1. The summed E-state index contributed by atoms with van der Waals surface area (Å²) in [5.41, 5.74) is 0.234. The van der Waals surface area contributed by atoms with Gasteiger partial charge in [0.1, 0.15) is 0 Å². The number of hydrogen-bond acceptors (Lipinski definition) is 3. The quantitative estimate of drug-likeness (QED) is 0.826. The van der Waals surface area contributed by atoms with Gasteiger partial charge in [-0.1, -0.05) is 13.3 Å². The Morgan fingerprint density at radius 3 is 2.53 bits per heavy atom. The molecule has 0 aromatic carbocycles. The second kappa shape index (κ2) is 5.24. The van der Waals surface area contributed by atoms with E-state index in [0.29, 0.717) is 5.75 Å². The first-order valence-electron chi connectivity index (χ1n) is 6.77. The zero-order valence-electron chi connectivity index (χ0n) is 10.7. The molecule has 17 heavy (non-hydrogen) atoms. The van der Waals surface area contributed by atoms with E-state index < -0.39 is 10.0 Å². The Morgan fingerprint density at radius 1 is 1.29 bits per heavy atom. The van der Waals surface area contributed by atoms with Crippen molar-refractivity contribution in [3.8, 4) is 0 Å². The van der Waals surface area contributed by atoms with E-state index >= 15 is 0 Å². The standard InChI is InChI=1S/C12H24N2O2S/c1-2-4-12(5-7-13-8-6-12)11-14-9-3-10-17(14,15)16/h13H,2-11H2,1H3. The molecule has 2 aliphatic rings. The second-order valence-corrected chi connectivity index (χ2v) is 7.59. The molecule has 4 nitrogen and oxygen atoms in total. The summed E-state index contributed by atoms with van der Waals surface area (Å²) >= 11 is 0. The molecule has 0 saturated carbocycles. The Morgan fingerprint density at radius 2 is 2.00 bits per heavy atom. The van der Waals surface area contributed by atoms with Crippen LogP contribution in [0.15, 0.2) is 0 Å². The molecule has 100 valence electrons. The summed E-state index contributed by atoms with van der Waals surface area (Å²) in [6, 6.07) is 0. The molecule has 0 unspecified atom stereocenters. The van der Waals surface area contributed by atoms with Crippen LogP contribution in [0.1, 0.15) is 39.0 Å². The van der Waals surface area contributed by atoms with E-state index in [-0.39, 0.29) is 5.41 Å². The molecular formula is C12H24N2O2S. The molecule has 2 fully saturated rings. The van der Waals surface area contributed by atoms with Crippen molar-refractivity contribution in [1.29, 1.82) is 0 Å². The minimum atomic E-state index is -2.93. The van der Waals surface area contributed by atoms with Crippen molar-refractivity contribution in [2.45, 2.75) is 39.0 Å². The summed E-state index contributed by atoms with van der Waals surface area (Å²) in [6.45, 7) is 5.76. The van der Waals surface area contributed by atoms with Crippen LogP contribution in [0, 0.1) is 5.41 Å².